The molecule has 2 aromatic carbocycles. The normalized spacial score (nSPS) is 22.6. The first kappa shape index (κ1) is 43.4. The highest BCUT2D eigenvalue weighted by molar-refractivity contribution is 5.88. The molecule has 2 aliphatic carbocycles. The summed E-state index contributed by atoms with van der Waals surface area (Å²) in [5.74, 6) is 2.14. The third-order valence-corrected chi connectivity index (χ3v) is 13.5. The molecule has 5 atom stereocenters. The number of methoxy groups -OCH3 is 2. The Kier molecular flexibility index (Phi) is 13.2. The number of nitrogens with zero attached hydrogens (tertiary/aromatic N) is 4. The number of fused-ring (bicyclic) bond motifs is 7. The fourth-order valence-corrected chi connectivity index (χ4v) is 9.61. The first-order chi connectivity index (χ1) is 31.3. The SMILES string of the molecule is COC(=O)N[C@H](C(=O)N1CCC[C@H]1c1ncc(-c2ccc(-c3ccc4c(c3)OCCCCCCCCO[C@H]3C[C@@H](c5ncc-4[nH]5)N(C(=O)[C@H](NC(=O)OC)C4CC4)C3)cc2)[nH]1)C1CC1. The van der Waals surface area contributed by atoms with Gasteiger partial charge in [0.25, 0.3) is 0 Å². The van der Waals surface area contributed by atoms with Gasteiger partial charge in [0.1, 0.15) is 29.5 Å². The molecule has 64 heavy (non-hydrogen) atoms. The summed E-state index contributed by atoms with van der Waals surface area (Å²) in [4.78, 5) is 72.6. The van der Waals surface area contributed by atoms with Gasteiger partial charge in [0.15, 0.2) is 0 Å². The molecule has 2 saturated carbocycles. The van der Waals surface area contributed by atoms with Crippen LogP contribution >= 0.6 is 0 Å². The molecule has 4 bridgehead atoms. The smallest absolute Gasteiger partial charge is 0.407 e. The summed E-state index contributed by atoms with van der Waals surface area (Å²) in [7, 11) is 2.63. The van der Waals surface area contributed by atoms with Crippen molar-refractivity contribution in [2.75, 3.05) is 40.5 Å². The molecular weight excluding hydrogens is 817 g/mol. The second-order valence-electron chi connectivity index (χ2n) is 17.9. The Labute approximate surface area is 373 Å². The lowest BCUT2D eigenvalue weighted by molar-refractivity contribution is -0.136. The number of carbonyl (C=O) groups is 4. The molecule has 3 aliphatic heterocycles. The van der Waals surface area contributed by atoms with Crippen LogP contribution in [0, 0.1) is 11.8 Å². The van der Waals surface area contributed by atoms with E-state index in [-0.39, 0.29) is 41.8 Å². The number of ether oxygens (including phenoxy) is 4. The summed E-state index contributed by atoms with van der Waals surface area (Å²) in [6, 6.07) is 12.7. The van der Waals surface area contributed by atoms with E-state index < -0.39 is 24.3 Å². The van der Waals surface area contributed by atoms with Gasteiger partial charge in [-0.05, 0) is 92.0 Å². The Bertz CT molecular complexity index is 2290. The Morgan fingerprint density at radius 1 is 0.672 bits per heavy atom. The minimum absolute atomic E-state index is 0.0813. The highest BCUT2D eigenvalue weighted by Crippen LogP contribution is 2.41. The number of likely N-dealkylation sites (tertiary alicyclic amines) is 2. The zero-order valence-corrected chi connectivity index (χ0v) is 36.8. The van der Waals surface area contributed by atoms with Crippen LogP contribution in [0.25, 0.3) is 33.6 Å². The predicted molar refractivity (Wildman–Crippen MR) is 237 cm³/mol. The standard InChI is InChI=1S/C48H60N8O8/c1-61-47(59)53-41(31-15-16-31)45(57)55-21-9-10-38(55)43-49-26-36(51-43)30-13-11-29(12-14-30)33-19-20-35-37-27-50-44(52-37)39-25-34(63-22-7-5-3-4-6-8-23-64-40(35)24-33)28-56(39)46(58)42(32-17-18-32)54-48(60)62-2/h11-14,19-20,24,26-27,31-32,34,38-39,41-42H,3-10,15-18,21-23,25,28H2,1-2H3,(H,49,51)(H,50,52)(H,53,59)(H,54,60)/t34-,38-,39-,41-,42+/m0/s1. The van der Waals surface area contributed by atoms with Gasteiger partial charge in [0.05, 0.1) is 62.8 Å². The third kappa shape index (κ3) is 9.76. The van der Waals surface area contributed by atoms with Gasteiger partial charge in [0, 0.05) is 31.7 Å². The number of hydrogen-bond donors (Lipinski definition) is 4. The number of nitrogens with one attached hydrogen (secondary N) is 4. The molecule has 0 spiro atoms. The van der Waals surface area contributed by atoms with E-state index in [1.165, 1.54) is 14.2 Å². The van der Waals surface area contributed by atoms with Crippen molar-refractivity contribution in [3.05, 3.63) is 66.5 Å². The summed E-state index contributed by atoms with van der Waals surface area (Å²) in [5, 5.41) is 5.58. The minimum Gasteiger partial charge on any atom is -0.493 e. The average Bonchev–Trinajstić information content (AvgIpc) is 4.07. The van der Waals surface area contributed by atoms with Crippen LogP contribution in [0.4, 0.5) is 9.59 Å². The Hall–Kier alpha value is -5.90. The number of H-pyrrole nitrogens is 2. The van der Waals surface area contributed by atoms with E-state index in [1.807, 2.05) is 22.2 Å². The lowest BCUT2D eigenvalue weighted by atomic mass is 10.00. The van der Waals surface area contributed by atoms with Crippen molar-refractivity contribution in [1.29, 1.82) is 0 Å². The van der Waals surface area contributed by atoms with Gasteiger partial charge in [-0.15, -0.1) is 0 Å². The molecule has 9 rings (SSSR count). The number of carbonyl (C=O) groups excluding carboxylic acids is 4. The Morgan fingerprint density at radius 2 is 1.25 bits per heavy atom. The summed E-state index contributed by atoms with van der Waals surface area (Å²) in [5.41, 5.74) is 5.51. The monoisotopic (exact) mass is 876 g/mol. The van der Waals surface area contributed by atoms with Gasteiger partial charge in [-0.25, -0.2) is 19.6 Å². The number of hydrogen-bond acceptors (Lipinski definition) is 10. The Balaban J connectivity index is 0.936. The zero-order valence-electron chi connectivity index (χ0n) is 36.8. The van der Waals surface area contributed by atoms with E-state index in [4.69, 9.17) is 28.9 Å². The van der Waals surface area contributed by atoms with Crippen LogP contribution in [0.3, 0.4) is 0 Å². The number of aromatic amines is 2. The van der Waals surface area contributed by atoms with Gasteiger partial charge in [0.2, 0.25) is 11.8 Å². The van der Waals surface area contributed by atoms with Gasteiger partial charge < -0.3 is 49.3 Å². The summed E-state index contributed by atoms with van der Waals surface area (Å²) in [6.45, 7) is 2.26. The van der Waals surface area contributed by atoms with Gasteiger partial charge >= 0.3 is 12.2 Å². The van der Waals surface area contributed by atoms with Crippen molar-refractivity contribution in [3.63, 3.8) is 0 Å². The first-order valence-corrected chi connectivity index (χ1v) is 23.2. The second-order valence-corrected chi connectivity index (χ2v) is 17.9. The van der Waals surface area contributed by atoms with E-state index in [9.17, 15) is 19.2 Å². The molecule has 4 N–H and O–H groups in total. The maximum Gasteiger partial charge on any atom is 0.407 e. The maximum atomic E-state index is 14.2. The van der Waals surface area contributed by atoms with Crippen LogP contribution in [0.1, 0.15) is 107 Å². The molecule has 4 aromatic rings. The molecule has 5 heterocycles. The van der Waals surface area contributed by atoms with Crippen LogP contribution in [-0.2, 0) is 23.8 Å². The molecule has 4 fully saturated rings. The highest BCUT2D eigenvalue weighted by Gasteiger charge is 2.46. The molecule has 16 heteroatoms. The molecule has 340 valence electrons. The molecular formula is C48H60N8O8. The molecule has 0 radical (unpaired) electrons. The van der Waals surface area contributed by atoms with Crippen molar-refractivity contribution in [1.82, 2.24) is 40.4 Å². The molecule has 0 unspecified atom stereocenters. The highest BCUT2D eigenvalue weighted by atomic mass is 16.5. The molecule has 16 nitrogen and oxygen atoms in total. The van der Waals surface area contributed by atoms with Gasteiger partial charge in [-0.2, -0.15) is 0 Å². The molecule has 4 amide bonds. The van der Waals surface area contributed by atoms with Crippen LogP contribution in [-0.4, -0.2) is 112 Å². The van der Waals surface area contributed by atoms with Crippen molar-refractivity contribution >= 4 is 24.0 Å². The zero-order chi connectivity index (χ0) is 44.2. The van der Waals surface area contributed by atoms with Crippen LogP contribution in [0.15, 0.2) is 54.9 Å². The number of amides is 4. The van der Waals surface area contributed by atoms with Gasteiger partial charge in [-0.3, -0.25) is 9.59 Å². The summed E-state index contributed by atoms with van der Waals surface area (Å²) >= 11 is 0. The first-order valence-electron chi connectivity index (χ1n) is 23.2. The predicted octanol–water partition coefficient (Wildman–Crippen LogP) is 7.46. The fraction of sp³-hybridized carbons (Fsp3) is 0.542. The van der Waals surface area contributed by atoms with Crippen molar-refractivity contribution in [2.45, 2.75) is 114 Å². The van der Waals surface area contributed by atoms with Crippen molar-refractivity contribution in [2.24, 2.45) is 11.8 Å². The van der Waals surface area contributed by atoms with E-state index in [1.54, 1.807) is 0 Å². The minimum atomic E-state index is -0.660. The maximum absolute atomic E-state index is 14.2. The number of alkyl carbamates (subject to hydrolysis) is 2. The second kappa shape index (κ2) is 19.5. The van der Waals surface area contributed by atoms with E-state index in [2.05, 4.69) is 63.1 Å². The lowest BCUT2D eigenvalue weighted by Crippen LogP contribution is -2.50. The largest absolute Gasteiger partial charge is 0.493 e. The summed E-state index contributed by atoms with van der Waals surface area (Å²) in [6.07, 6.45) is 14.4. The summed E-state index contributed by atoms with van der Waals surface area (Å²) < 4.78 is 22.6. The fourth-order valence-electron chi connectivity index (χ4n) is 9.61. The van der Waals surface area contributed by atoms with Crippen LogP contribution in [0.2, 0.25) is 0 Å². The van der Waals surface area contributed by atoms with Crippen molar-refractivity contribution in [3.8, 4) is 39.4 Å². The molecule has 5 aliphatic rings. The van der Waals surface area contributed by atoms with Crippen LogP contribution in [0.5, 0.6) is 5.75 Å². The van der Waals surface area contributed by atoms with Crippen LogP contribution < -0.4 is 15.4 Å². The average molecular weight is 877 g/mol. The van der Waals surface area contributed by atoms with Gasteiger partial charge in [-0.1, -0.05) is 56.0 Å². The molecule has 2 aromatic heterocycles. The molecule has 2 saturated heterocycles. The van der Waals surface area contributed by atoms with E-state index >= 15 is 0 Å². The van der Waals surface area contributed by atoms with E-state index in [0.717, 1.165) is 122 Å². The quantitative estimate of drug-likeness (QED) is 0.131. The Morgan fingerprint density at radius 3 is 1.92 bits per heavy atom. The lowest BCUT2D eigenvalue weighted by Gasteiger charge is -2.28. The number of aromatic nitrogens is 4. The number of rotatable bonds is 9. The third-order valence-electron chi connectivity index (χ3n) is 13.5. The van der Waals surface area contributed by atoms with E-state index in [0.29, 0.717) is 38.5 Å². The number of imidazole rings is 2. The van der Waals surface area contributed by atoms with Crippen molar-refractivity contribution < 1.29 is 38.1 Å². The topological polar surface area (TPSA) is 193 Å². The number of benzene rings is 2.